The van der Waals surface area contributed by atoms with E-state index < -0.39 is 0 Å². The van der Waals surface area contributed by atoms with E-state index in [0.29, 0.717) is 30.8 Å². The van der Waals surface area contributed by atoms with Gasteiger partial charge in [-0.25, -0.2) is 0 Å². The van der Waals surface area contributed by atoms with E-state index in [9.17, 15) is 19.5 Å². The van der Waals surface area contributed by atoms with E-state index in [4.69, 9.17) is 11.6 Å². The zero-order valence-electron chi connectivity index (χ0n) is 16.2. The number of likely N-dealkylation sites (tertiary alicyclic amines) is 1. The van der Waals surface area contributed by atoms with Crippen LogP contribution in [0.3, 0.4) is 0 Å². The van der Waals surface area contributed by atoms with Gasteiger partial charge >= 0.3 is 0 Å². The third-order valence-corrected chi connectivity index (χ3v) is 10.0. The summed E-state index contributed by atoms with van der Waals surface area (Å²) in [5, 5.41) is 12.8. The van der Waals surface area contributed by atoms with Gasteiger partial charge in [0, 0.05) is 27.6 Å². The second-order valence-corrected chi connectivity index (χ2v) is 10.9. The topological polar surface area (TPSA) is 86.7 Å². The molecule has 6 nitrogen and oxygen atoms in total. The lowest BCUT2D eigenvalue weighted by molar-refractivity contribution is -0.140. The first-order valence-electron chi connectivity index (χ1n) is 10.2. The highest BCUT2D eigenvalue weighted by atomic mass is 79.9. The third kappa shape index (κ3) is 3.91. The van der Waals surface area contributed by atoms with Gasteiger partial charge in [-0.05, 0) is 49.3 Å². The van der Waals surface area contributed by atoms with Crippen molar-refractivity contribution < 1.29 is 19.5 Å². The number of imide groups is 1. The van der Waals surface area contributed by atoms with Crippen LogP contribution < -0.4 is 5.32 Å². The summed E-state index contributed by atoms with van der Waals surface area (Å²) in [6.45, 7) is 0.417. The van der Waals surface area contributed by atoms with Crippen molar-refractivity contribution in [3.05, 3.63) is 23.2 Å². The first-order valence-corrected chi connectivity index (χ1v) is 12.4. The molecule has 6 atom stereocenters. The Morgan fingerprint density at radius 2 is 1.73 bits per heavy atom. The quantitative estimate of drug-likeness (QED) is 0.224. The second kappa shape index (κ2) is 8.79. The van der Waals surface area contributed by atoms with Crippen molar-refractivity contribution in [1.82, 2.24) is 4.90 Å². The fourth-order valence-corrected chi connectivity index (χ4v) is 7.23. The van der Waals surface area contributed by atoms with Gasteiger partial charge in [-0.3, -0.25) is 19.3 Å². The van der Waals surface area contributed by atoms with Crippen molar-refractivity contribution >= 4 is 66.9 Å². The molecule has 9 heteroatoms. The van der Waals surface area contributed by atoms with E-state index in [1.54, 1.807) is 6.07 Å². The highest BCUT2D eigenvalue weighted by molar-refractivity contribution is 9.12. The van der Waals surface area contributed by atoms with Crippen LogP contribution in [0.4, 0.5) is 5.69 Å². The number of nitrogens with one attached hydrogen (secondary N) is 1. The summed E-state index contributed by atoms with van der Waals surface area (Å²) in [5.74, 6) is -0.150. The van der Waals surface area contributed by atoms with Gasteiger partial charge in [0.2, 0.25) is 17.7 Å². The second-order valence-electron chi connectivity index (χ2n) is 8.35. The number of aromatic hydroxyl groups is 1. The molecule has 2 aliphatic carbocycles. The van der Waals surface area contributed by atoms with Crippen LogP contribution in [-0.2, 0) is 14.4 Å². The van der Waals surface area contributed by atoms with Gasteiger partial charge in [-0.2, -0.15) is 0 Å². The summed E-state index contributed by atoms with van der Waals surface area (Å²) in [6.07, 6.45) is 3.27. The molecular weight excluding hydrogens is 540 g/mol. The van der Waals surface area contributed by atoms with Crippen LogP contribution in [0, 0.1) is 23.7 Å². The number of rotatable bonds is 7. The summed E-state index contributed by atoms with van der Waals surface area (Å²) >= 11 is 13.3. The molecule has 30 heavy (non-hydrogen) atoms. The average molecular weight is 563 g/mol. The van der Waals surface area contributed by atoms with Crippen molar-refractivity contribution in [1.29, 1.82) is 0 Å². The molecule has 4 rings (SSSR count). The largest absolute Gasteiger partial charge is 0.506 e. The molecule has 3 aliphatic rings. The predicted octanol–water partition coefficient (Wildman–Crippen LogP) is 4.32. The molecule has 1 heterocycles. The van der Waals surface area contributed by atoms with Crippen LogP contribution in [0.5, 0.6) is 5.75 Å². The molecule has 3 amide bonds. The number of fused-ring (bicyclic) bond motifs is 5. The monoisotopic (exact) mass is 560 g/mol. The number of anilines is 1. The molecule has 3 fully saturated rings. The Labute approximate surface area is 197 Å². The molecule has 1 aliphatic heterocycles. The van der Waals surface area contributed by atoms with Crippen molar-refractivity contribution in [2.24, 2.45) is 23.7 Å². The number of alkyl halides is 2. The molecule has 1 aromatic carbocycles. The Kier molecular flexibility index (Phi) is 6.47. The summed E-state index contributed by atoms with van der Waals surface area (Å²) in [4.78, 5) is 39.7. The number of unbranched alkanes of at least 4 members (excludes halogenated alkanes) is 2. The maximum atomic E-state index is 12.8. The summed E-state index contributed by atoms with van der Waals surface area (Å²) in [5.41, 5.74) is 0.289. The minimum Gasteiger partial charge on any atom is -0.506 e. The van der Waals surface area contributed by atoms with E-state index >= 15 is 0 Å². The first kappa shape index (κ1) is 22.1. The molecule has 2 bridgehead atoms. The van der Waals surface area contributed by atoms with E-state index in [0.717, 1.165) is 12.8 Å². The van der Waals surface area contributed by atoms with Gasteiger partial charge in [0.25, 0.3) is 0 Å². The van der Waals surface area contributed by atoms with E-state index in [1.807, 2.05) is 0 Å². The van der Waals surface area contributed by atoms with Crippen molar-refractivity contribution in [2.45, 2.75) is 41.8 Å². The molecule has 162 valence electrons. The summed E-state index contributed by atoms with van der Waals surface area (Å²) < 4.78 is 0. The van der Waals surface area contributed by atoms with Gasteiger partial charge in [-0.15, -0.1) is 0 Å². The minimum atomic E-state index is -0.210. The maximum absolute atomic E-state index is 12.8. The summed E-state index contributed by atoms with van der Waals surface area (Å²) in [6, 6.07) is 4.47. The number of carbonyl (C=O) groups is 3. The highest BCUT2D eigenvalue weighted by Gasteiger charge is 2.66. The molecule has 1 aromatic rings. The van der Waals surface area contributed by atoms with Crippen LogP contribution in [-0.4, -0.2) is 43.9 Å². The highest BCUT2D eigenvalue weighted by Crippen LogP contribution is 2.60. The fraction of sp³-hybridized carbons (Fsp3) is 0.571. The van der Waals surface area contributed by atoms with Crippen LogP contribution in [0.1, 0.15) is 32.1 Å². The molecule has 0 unspecified atom stereocenters. The van der Waals surface area contributed by atoms with Gasteiger partial charge in [0.05, 0.1) is 17.5 Å². The number of phenolic OH excluding ortho intramolecular Hbond substituents is 1. The lowest BCUT2D eigenvalue weighted by Gasteiger charge is -2.28. The van der Waals surface area contributed by atoms with Gasteiger partial charge in [-0.1, -0.05) is 49.9 Å². The predicted molar refractivity (Wildman–Crippen MR) is 121 cm³/mol. The number of hydrogen-bond acceptors (Lipinski definition) is 4. The number of hydrogen-bond donors (Lipinski definition) is 2. The normalized spacial score (nSPS) is 32.0. The van der Waals surface area contributed by atoms with Crippen molar-refractivity contribution in [3.8, 4) is 5.75 Å². The number of carbonyl (C=O) groups excluding carboxylic acids is 3. The smallest absolute Gasteiger partial charge is 0.233 e. The molecule has 0 aromatic heterocycles. The van der Waals surface area contributed by atoms with E-state index in [-0.39, 0.29) is 62.5 Å². The minimum absolute atomic E-state index is 0.0180. The zero-order valence-corrected chi connectivity index (χ0v) is 20.1. The first-order chi connectivity index (χ1) is 14.3. The number of phenols is 1. The summed E-state index contributed by atoms with van der Waals surface area (Å²) in [7, 11) is 0. The van der Waals surface area contributed by atoms with Gasteiger partial charge in [0.15, 0.2) is 0 Å². The third-order valence-electron chi connectivity index (χ3n) is 6.60. The lowest BCUT2D eigenvalue weighted by atomic mass is 9.81. The SMILES string of the molecule is O=C(CCCCCN1C(=O)[C@@H]2[C@H]3C[C@@H]([C@H](Br)[C@H]3Br)[C@@H]2C1=O)Nc1cc(Cl)ccc1O. The maximum Gasteiger partial charge on any atom is 0.233 e. The van der Waals surface area contributed by atoms with Crippen LogP contribution in [0.15, 0.2) is 18.2 Å². The lowest BCUT2D eigenvalue weighted by Crippen LogP contribution is -2.37. The van der Waals surface area contributed by atoms with Crippen LogP contribution in [0.25, 0.3) is 0 Å². The van der Waals surface area contributed by atoms with Gasteiger partial charge < -0.3 is 10.4 Å². The number of benzene rings is 1. The number of amides is 3. The Bertz CT molecular complexity index is 851. The van der Waals surface area contributed by atoms with Crippen molar-refractivity contribution in [3.63, 3.8) is 0 Å². The number of nitrogens with zero attached hydrogens (tertiary/aromatic N) is 1. The molecule has 0 spiro atoms. The average Bonchev–Trinajstić information content (AvgIpc) is 3.30. The number of halogens is 3. The van der Waals surface area contributed by atoms with Gasteiger partial charge in [0.1, 0.15) is 5.75 Å². The standard InChI is InChI=1S/C21H23Br2ClN2O4/c22-18-11-9-12(19(18)23)17-16(11)20(29)26(21(17)30)7-3-1-2-4-15(28)25-13-8-10(24)5-6-14(13)27/h5-6,8,11-12,16-19,27H,1-4,7,9H2,(H,25,28)/t11-,12-,16-,17+,18+,19+/m1/s1. The molecule has 2 saturated carbocycles. The zero-order chi connectivity index (χ0) is 21.6. The van der Waals surface area contributed by atoms with Crippen LogP contribution >= 0.6 is 43.5 Å². The molecular formula is C21H23Br2ClN2O4. The fourth-order valence-electron chi connectivity index (χ4n) is 5.18. The Morgan fingerprint density at radius 3 is 2.37 bits per heavy atom. The van der Waals surface area contributed by atoms with E-state index in [1.165, 1.54) is 17.0 Å². The molecule has 1 saturated heterocycles. The Hall–Kier alpha value is -1.12. The van der Waals surface area contributed by atoms with Crippen molar-refractivity contribution in [2.75, 3.05) is 11.9 Å². The van der Waals surface area contributed by atoms with E-state index in [2.05, 4.69) is 37.2 Å². The van der Waals surface area contributed by atoms with Crippen LogP contribution in [0.2, 0.25) is 5.02 Å². The molecule has 2 N–H and O–H groups in total. The Morgan fingerprint density at radius 1 is 1.10 bits per heavy atom. The molecule has 0 radical (unpaired) electrons. The Balaban J connectivity index is 1.22.